The number of benzene rings is 2. The monoisotopic (exact) mass is 446 g/mol. The zero-order valence-electron chi connectivity index (χ0n) is 21.1. The number of aromatic nitrogens is 1. The number of rotatable bonds is 18. The maximum atomic E-state index is 4.83. The molecule has 0 radical (unpaired) electrons. The SMILES string of the molecule is CCCCCCCCCCCCCCCCCCNc1c2ccccc2nc2ccccc12. The number of nitrogens with one attached hydrogen (secondary N) is 1. The van der Waals surface area contributed by atoms with Gasteiger partial charge in [0.2, 0.25) is 0 Å². The lowest BCUT2D eigenvalue weighted by Crippen LogP contribution is -2.03. The van der Waals surface area contributed by atoms with Gasteiger partial charge in [-0.25, -0.2) is 4.98 Å². The van der Waals surface area contributed by atoms with E-state index in [9.17, 15) is 0 Å². The molecule has 0 aliphatic carbocycles. The van der Waals surface area contributed by atoms with Gasteiger partial charge in [-0.15, -0.1) is 0 Å². The van der Waals surface area contributed by atoms with Crippen LogP contribution in [0.25, 0.3) is 21.8 Å². The van der Waals surface area contributed by atoms with Crippen molar-refractivity contribution in [1.82, 2.24) is 4.98 Å². The molecular formula is C31H46N2. The summed E-state index contributed by atoms with van der Waals surface area (Å²) in [6, 6.07) is 17.0. The Balaban J connectivity index is 1.22. The van der Waals surface area contributed by atoms with E-state index in [1.54, 1.807) is 0 Å². The molecule has 3 aromatic rings. The summed E-state index contributed by atoms with van der Waals surface area (Å²) >= 11 is 0. The van der Waals surface area contributed by atoms with E-state index in [1.165, 1.54) is 119 Å². The van der Waals surface area contributed by atoms with Crippen LogP contribution in [0, 0.1) is 0 Å². The fourth-order valence-corrected chi connectivity index (χ4v) is 4.92. The van der Waals surface area contributed by atoms with Gasteiger partial charge in [-0.1, -0.05) is 140 Å². The second-order valence-electron chi connectivity index (χ2n) is 9.75. The lowest BCUT2D eigenvalue weighted by atomic mass is 10.0. The highest BCUT2D eigenvalue weighted by Crippen LogP contribution is 2.30. The van der Waals surface area contributed by atoms with E-state index >= 15 is 0 Å². The Morgan fingerprint density at radius 1 is 0.515 bits per heavy atom. The van der Waals surface area contributed by atoms with Crippen molar-refractivity contribution in [2.24, 2.45) is 0 Å². The summed E-state index contributed by atoms with van der Waals surface area (Å²) in [5.41, 5.74) is 3.40. The van der Waals surface area contributed by atoms with Crippen molar-refractivity contribution < 1.29 is 0 Å². The number of hydrogen-bond acceptors (Lipinski definition) is 2. The molecule has 180 valence electrons. The fourth-order valence-electron chi connectivity index (χ4n) is 4.92. The van der Waals surface area contributed by atoms with E-state index < -0.39 is 0 Å². The van der Waals surface area contributed by atoms with Crippen LogP contribution in [0.15, 0.2) is 48.5 Å². The van der Waals surface area contributed by atoms with Gasteiger partial charge in [0.1, 0.15) is 0 Å². The van der Waals surface area contributed by atoms with E-state index in [1.807, 2.05) is 0 Å². The highest BCUT2D eigenvalue weighted by atomic mass is 14.9. The highest BCUT2D eigenvalue weighted by Gasteiger charge is 2.07. The molecule has 0 amide bonds. The van der Waals surface area contributed by atoms with Crippen molar-refractivity contribution in [2.45, 2.75) is 110 Å². The summed E-state index contributed by atoms with van der Waals surface area (Å²) in [4.78, 5) is 4.83. The molecule has 0 spiro atoms. The Kier molecular flexibility index (Phi) is 12.1. The number of fused-ring (bicyclic) bond motifs is 2. The fraction of sp³-hybridized carbons (Fsp3) is 0.581. The average molecular weight is 447 g/mol. The third-order valence-electron chi connectivity index (χ3n) is 6.92. The van der Waals surface area contributed by atoms with Crippen molar-refractivity contribution in [2.75, 3.05) is 11.9 Å². The molecule has 0 atom stereocenters. The van der Waals surface area contributed by atoms with E-state index in [0.29, 0.717) is 0 Å². The molecule has 2 nitrogen and oxygen atoms in total. The molecule has 0 aliphatic heterocycles. The second kappa shape index (κ2) is 15.7. The Labute approximate surface area is 202 Å². The first kappa shape index (κ1) is 25.5. The van der Waals surface area contributed by atoms with Crippen LogP contribution >= 0.6 is 0 Å². The first-order chi connectivity index (χ1) is 16.4. The Morgan fingerprint density at radius 3 is 1.36 bits per heavy atom. The molecule has 1 N–H and O–H groups in total. The predicted molar refractivity (Wildman–Crippen MR) is 147 cm³/mol. The third kappa shape index (κ3) is 8.99. The maximum absolute atomic E-state index is 4.83. The van der Waals surface area contributed by atoms with Crippen molar-refractivity contribution in [1.29, 1.82) is 0 Å². The zero-order valence-corrected chi connectivity index (χ0v) is 21.1. The van der Waals surface area contributed by atoms with Gasteiger partial charge in [-0.3, -0.25) is 0 Å². The van der Waals surface area contributed by atoms with Crippen LogP contribution in [0.3, 0.4) is 0 Å². The first-order valence-corrected chi connectivity index (χ1v) is 13.9. The molecule has 0 saturated carbocycles. The standard InChI is InChI=1S/C31H46N2/c1-2-3-4-5-6-7-8-9-10-11-12-13-14-15-16-21-26-32-31-27-22-17-19-24-29(27)33-30-25-20-18-23-28(30)31/h17-20,22-25H,2-16,21,26H2,1H3,(H,32,33). The molecule has 1 aromatic heterocycles. The van der Waals surface area contributed by atoms with Gasteiger partial charge in [0.15, 0.2) is 0 Å². The van der Waals surface area contributed by atoms with E-state index in [0.717, 1.165) is 17.6 Å². The molecule has 33 heavy (non-hydrogen) atoms. The molecule has 0 bridgehead atoms. The van der Waals surface area contributed by atoms with Crippen molar-refractivity contribution in [3.05, 3.63) is 48.5 Å². The molecule has 2 aromatic carbocycles. The molecule has 0 unspecified atom stereocenters. The molecule has 1 heterocycles. The number of pyridine rings is 1. The van der Waals surface area contributed by atoms with Crippen LogP contribution in [0.4, 0.5) is 5.69 Å². The third-order valence-corrected chi connectivity index (χ3v) is 6.92. The quantitative estimate of drug-likeness (QED) is 0.155. The van der Waals surface area contributed by atoms with Gasteiger partial charge < -0.3 is 5.32 Å². The minimum absolute atomic E-state index is 1.04. The summed E-state index contributed by atoms with van der Waals surface area (Å²) in [7, 11) is 0. The Hall–Kier alpha value is -2.09. The number of hydrogen-bond donors (Lipinski definition) is 1. The van der Waals surface area contributed by atoms with Gasteiger partial charge in [0.25, 0.3) is 0 Å². The van der Waals surface area contributed by atoms with Crippen LogP contribution in [0.5, 0.6) is 0 Å². The summed E-state index contributed by atoms with van der Waals surface area (Å²) in [6.45, 7) is 3.33. The van der Waals surface area contributed by atoms with Gasteiger partial charge >= 0.3 is 0 Å². The summed E-state index contributed by atoms with van der Waals surface area (Å²) in [6.07, 6.45) is 22.6. The van der Waals surface area contributed by atoms with Crippen LogP contribution in [0.1, 0.15) is 110 Å². The van der Waals surface area contributed by atoms with Crippen molar-refractivity contribution >= 4 is 27.5 Å². The van der Waals surface area contributed by atoms with Crippen LogP contribution in [-0.4, -0.2) is 11.5 Å². The number of anilines is 1. The van der Waals surface area contributed by atoms with Gasteiger partial charge in [0.05, 0.1) is 16.7 Å². The summed E-state index contributed by atoms with van der Waals surface area (Å²) in [5.74, 6) is 0. The molecular weight excluding hydrogens is 400 g/mol. The number of unbranched alkanes of at least 4 members (excludes halogenated alkanes) is 15. The highest BCUT2D eigenvalue weighted by molar-refractivity contribution is 6.07. The predicted octanol–water partition coefficient (Wildman–Crippen LogP) is 10.1. The van der Waals surface area contributed by atoms with E-state index in [2.05, 4.69) is 60.8 Å². The number of para-hydroxylation sites is 2. The Morgan fingerprint density at radius 2 is 0.909 bits per heavy atom. The van der Waals surface area contributed by atoms with Crippen LogP contribution < -0.4 is 5.32 Å². The molecule has 0 fully saturated rings. The minimum atomic E-state index is 1.04. The Bertz CT molecular complexity index is 863. The molecule has 3 rings (SSSR count). The van der Waals surface area contributed by atoms with Crippen molar-refractivity contribution in [3.63, 3.8) is 0 Å². The molecule has 2 heteroatoms. The maximum Gasteiger partial charge on any atom is 0.0730 e. The summed E-state index contributed by atoms with van der Waals surface area (Å²) in [5, 5.41) is 6.20. The summed E-state index contributed by atoms with van der Waals surface area (Å²) < 4.78 is 0. The zero-order chi connectivity index (χ0) is 23.0. The van der Waals surface area contributed by atoms with Gasteiger partial charge in [-0.05, 0) is 18.6 Å². The largest absolute Gasteiger partial charge is 0.384 e. The van der Waals surface area contributed by atoms with Gasteiger partial charge in [-0.2, -0.15) is 0 Å². The minimum Gasteiger partial charge on any atom is -0.384 e. The average Bonchev–Trinajstić information content (AvgIpc) is 2.85. The second-order valence-corrected chi connectivity index (χ2v) is 9.75. The first-order valence-electron chi connectivity index (χ1n) is 13.9. The van der Waals surface area contributed by atoms with E-state index in [-0.39, 0.29) is 0 Å². The lowest BCUT2D eigenvalue weighted by molar-refractivity contribution is 0.530. The lowest BCUT2D eigenvalue weighted by Gasteiger charge is -2.13. The molecule has 0 saturated heterocycles. The topological polar surface area (TPSA) is 24.9 Å². The van der Waals surface area contributed by atoms with Crippen LogP contribution in [0.2, 0.25) is 0 Å². The number of nitrogens with zero attached hydrogens (tertiary/aromatic N) is 1. The van der Waals surface area contributed by atoms with Crippen molar-refractivity contribution in [3.8, 4) is 0 Å². The van der Waals surface area contributed by atoms with E-state index in [4.69, 9.17) is 4.98 Å². The van der Waals surface area contributed by atoms with Gasteiger partial charge in [0, 0.05) is 17.3 Å². The van der Waals surface area contributed by atoms with Crippen LogP contribution in [-0.2, 0) is 0 Å². The smallest absolute Gasteiger partial charge is 0.0730 e. The molecule has 0 aliphatic rings. The normalized spacial score (nSPS) is 11.4.